The van der Waals surface area contributed by atoms with E-state index in [1.165, 1.54) is 0 Å². The van der Waals surface area contributed by atoms with Crippen LogP contribution in [-0.4, -0.2) is 4.57 Å². The van der Waals surface area contributed by atoms with E-state index in [2.05, 4.69) is 0 Å². The van der Waals surface area contributed by atoms with Crippen LogP contribution in [0.15, 0.2) is 16.9 Å². The van der Waals surface area contributed by atoms with Gasteiger partial charge >= 0.3 is 6.55 Å². The zero-order valence-electron chi connectivity index (χ0n) is 8.12. The molecule has 0 fully saturated rings. The normalized spacial score (nSPS) is 20.4. The van der Waals surface area contributed by atoms with Gasteiger partial charge in [-0.3, -0.25) is 9.36 Å². The van der Waals surface area contributed by atoms with Crippen molar-refractivity contribution >= 4 is 0 Å². The van der Waals surface area contributed by atoms with Crippen molar-refractivity contribution in [2.45, 2.75) is 31.9 Å². The number of hydrogen-bond donors (Lipinski definition) is 1. The third-order valence-corrected chi connectivity index (χ3v) is 2.79. The first-order chi connectivity index (χ1) is 7.11. The number of pyridine rings is 1. The van der Waals surface area contributed by atoms with E-state index in [9.17, 15) is 13.6 Å². The lowest BCUT2D eigenvalue weighted by Crippen LogP contribution is -2.29. The molecule has 1 aromatic rings. The van der Waals surface area contributed by atoms with Crippen LogP contribution >= 0.6 is 0 Å². The van der Waals surface area contributed by atoms with Gasteiger partial charge in [0.25, 0.3) is 5.56 Å². The maximum atomic E-state index is 12.7. The number of nitrogens with zero attached hydrogens (tertiary/aromatic N) is 1. The molecule has 1 aliphatic rings. The molecule has 1 aliphatic carbocycles. The highest BCUT2D eigenvalue weighted by molar-refractivity contribution is 5.27. The summed E-state index contributed by atoms with van der Waals surface area (Å²) in [5.41, 5.74) is 6.23. The molecule has 3 nitrogen and oxygen atoms in total. The summed E-state index contributed by atoms with van der Waals surface area (Å²) in [6.45, 7) is -2.78. The zero-order chi connectivity index (χ0) is 11.0. The van der Waals surface area contributed by atoms with Gasteiger partial charge in [-0.05, 0) is 24.8 Å². The quantitative estimate of drug-likeness (QED) is 0.771. The first kappa shape index (κ1) is 10.3. The van der Waals surface area contributed by atoms with Gasteiger partial charge in [0.05, 0.1) is 0 Å². The first-order valence-corrected chi connectivity index (χ1v) is 4.89. The van der Waals surface area contributed by atoms with E-state index in [0.29, 0.717) is 22.2 Å². The third kappa shape index (κ3) is 1.67. The van der Waals surface area contributed by atoms with Crippen LogP contribution in [0.1, 0.15) is 36.7 Å². The fourth-order valence-corrected chi connectivity index (χ4v) is 2.07. The zero-order valence-corrected chi connectivity index (χ0v) is 8.12. The predicted octanol–water partition coefficient (Wildman–Crippen LogP) is 1.58. The van der Waals surface area contributed by atoms with Crippen molar-refractivity contribution in [2.75, 3.05) is 0 Å². The predicted molar refractivity (Wildman–Crippen MR) is 51.8 cm³/mol. The number of nitrogens with two attached hydrogens (primary N) is 1. The summed E-state index contributed by atoms with van der Waals surface area (Å²) in [7, 11) is 0. The van der Waals surface area contributed by atoms with E-state index in [-0.39, 0.29) is 6.04 Å². The van der Waals surface area contributed by atoms with Crippen LogP contribution in [0.5, 0.6) is 0 Å². The van der Waals surface area contributed by atoms with E-state index >= 15 is 0 Å². The molecule has 0 aliphatic heterocycles. The number of aromatic nitrogens is 1. The van der Waals surface area contributed by atoms with Crippen molar-refractivity contribution in [1.29, 1.82) is 0 Å². The van der Waals surface area contributed by atoms with Crippen LogP contribution in [-0.2, 0) is 6.42 Å². The molecule has 1 atom stereocenters. The van der Waals surface area contributed by atoms with Crippen LogP contribution < -0.4 is 11.3 Å². The molecule has 0 saturated heterocycles. The first-order valence-electron chi connectivity index (χ1n) is 4.89. The molecule has 1 aromatic heterocycles. The summed E-state index contributed by atoms with van der Waals surface area (Å²) in [5, 5.41) is 0. The van der Waals surface area contributed by atoms with Crippen LogP contribution in [0, 0.1) is 0 Å². The molecule has 0 saturated carbocycles. The van der Waals surface area contributed by atoms with Crippen LogP contribution in [0.3, 0.4) is 0 Å². The highest BCUT2D eigenvalue weighted by Gasteiger charge is 2.23. The van der Waals surface area contributed by atoms with Gasteiger partial charge < -0.3 is 5.73 Å². The second-order valence-electron chi connectivity index (χ2n) is 3.72. The van der Waals surface area contributed by atoms with Gasteiger partial charge in [-0.25, -0.2) is 0 Å². The minimum absolute atomic E-state index is 0.223. The summed E-state index contributed by atoms with van der Waals surface area (Å²) in [6.07, 6.45) is 2.04. The van der Waals surface area contributed by atoms with Gasteiger partial charge in [0.1, 0.15) is 0 Å². The summed E-state index contributed by atoms with van der Waals surface area (Å²) in [5.74, 6) is 0. The minimum Gasteiger partial charge on any atom is -0.324 e. The highest BCUT2D eigenvalue weighted by atomic mass is 19.3. The molecule has 0 amide bonds. The Balaban J connectivity index is 2.63. The second kappa shape index (κ2) is 3.73. The maximum Gasteiger partial charge on any atom is 0.321 e. The van der Waals surface area contributed by atoms with Gasteiger partial charge in [0.2, 0.25) is 0 Å². The minimum atomic E-state index is -2.78. The van der Waals surface area contributed by atoms with Crippen molar-refractivity contribution in [3.8, 4) is 0 Å². The Labute approximate surface area is 85.5 Å². The highest BCUT2D eigenvalue weighted by Crippen LogP contribution is 2.28. The van der Waals surface area contributed by atoms with Gasteiger partial charge in [0, 0.05) is 17.8 Å². The van der Waals surface area contributed by atoms with Crippen LogP contribution in [0.2, 0.25) is 0 Å². The molecule has 0 bridgehead atoms. The number of alkyl halides is 2. The van der Waals surface area contributed by atoms with Crippen molar-refractivity contribution in [3.63, 3.8) is 0 Å². The van der Waals surface area contributed by atoms with Gasteiger partial charge in [-0.15, -0.1) is 0 Å². The smallest absolute Gasteiger partial charge is 0.321 e. The lowest BCUT2D eigenvalue weighted by atomic mass is 9.92. The van der Waals surface area contributed by atoms with E-state index < -0.39 is 12.1 Å². The molecular formula is C10H12F2N2O. The Morgan fingerprint density at radius 3 is 2.87 bits per heavy atom. The molecule has 0 aromatic carbocycles. The molecule has 2 N–H and O–H groups in total. The number of hydrogen-bond acceptors (Lipinski definition) is 2. The molecule has 2 rings (SSSR count). The Bertz CT molecular complexity index is 428. The topological polar surface area (TPSA) is 48.0 Å². The molecule has 82 valence electrons. The van der Waals surface area contributed by atoms with Gasteiger partial charge in [-0.1, -0.05) is 6.07 Å². The van der Waals surface area contributed by atoms with E-state index in [1.54, 1.807) is 6.07 Å². The Morgan fingerprint density at radius 1 is 1.47 bits per heavy atom. The van der Waals surface area contributed by atoms with Crippen molar-refractivity contribution in [1.82, 2.24) is 4.57 Å². The van der Waals surface area contributed by atoms with Crippen LogP contribution in [0.4, 0.5) is 8.78 Å². The maximum absolute atomic E-state index is 12.7. The lowest BCUT2D eigenvalue weighted by molar-refractivity contribution is 0.0621. The van der Waals surface area contributed by atoms with E-state index in [1.807, 2.05) is 0 Å². The molecule has 1 heterocycles. The Morgan fingerprint density at radius 2 is 2.20 bits per heavy atom. The number of rotatable bonds is 1. The van der Waals surface area contributed by atoms with Crippen molar-refractivity contribution in [2.24, 2.45) is 5.73 Å². The summed E-state index contributed by atoms with van der Waals surface area (Å²) >= 11 is 0. The standard InChI is InChI=1S/C10H12F2N2O/c11-10(12)14-8-3-1-2-7(13)6(8)4-5-9(14)15/h4-5,7,10H,1-3,13H2/t7-/m1/s1. The molecule has 0 unspecified atom stereocenters. The third-order valence-electron chi connectivity index (χ3n) is 2.79. The fourth-order valence-electron chi connectivity index (χ4n) is 2.07. The second-order valence-corrected chi connectivity index (χ2v) is 3.72. The average molecular weight is 214 g/mol. The van der Waals surface area contributed by atoms with Gasteiger partial charge in [0.15, 0.2) is 0 Å². The average Bonchev–Trinajstić information content (AvgIpc) is 2.17. The molecule has 0 radical (unpaired) electrons. The monoisotopic (exact) mass is 214 g/mol. The van der Waals surface area contributed by atoms with Crippen LogP contribution in [0.25, 0.3) is 0 Å². The van der Waals surface area contributed by atoms with Crippen molar-refractivity contribution in [3.05, 3.63) is 33.7 Å². The Kier molecular flexibility index (Phi) is 2.56. The SMILES string of the molecule is N[C@@H]1CCCc2c1ccc(=O)n2C(F)F. The summed E-state index contributed by atoms with van der Waals surface area (Å²) in [4.78, 5) is 11.3. The van der Waals surface area contributed by atoms with E-state index in [0.717, 1.165) is 18.9 Å². The Hall–Kier alpha value is -1.23. The van der Waals surface area contributed by atoms with Crippen molar-refractivity contribution < 1.29 is 8.78 Å². The summed E-state index contributed by atoms with van der Waals surface area (Å²) in [6, 6.07) is 2.51. The summed E-state index contributed by atoms with van der Waals surface area (Å²) < 4.78 is 25.9. The van der Waals surface area contributed by atoms with Gasteiger partial charge in [-0.2, -0.15) is 8.78 Å². The fraction of sp³-hybridized carbons (Fsp3) is 0.500. The van der Waals surface area contributed by atoms with E-state index in [4.69, 9.17) is 5.73 Å². The molecular weight excluding hydrogens is 202 g/mol. The number of fused-ring (bicyclic) bond motifs is 1. The molecule has 5 heteroatoms. The largest absolute Gasteiger partial charge is 0.324 e. The lowest BCUT2D eigenvalue weighted by Gasteiger charge is -2.24. The molecule has 15 heavy (non-hydrogen) atoms. The molecule has 0 spiro atoms. The number of halogens is 2.